The van der Waals surface area contributed by atoms with Crippen molar-refractivity contribution in [3.05, 3.63) is 58.2 Å². The Bertz CT molecular complexity index is 732. The maximum atomic E-state index is 10.8. The van der Waals surface area contributed by atoms with E-state index in [1.807, 2.05) is 6.08 Å². The molecular formula is C22H28O2. The van der Waals surface area contributed by atoms with E-state index in [9.17, 15) is 4.79 Å². The van der Waals surface area contributed by atoms with Gasteiger partial charge in [-0.15, -0.1) is 0 Å². The maximum absolute atomic E-state index is 10.8. The van der Waals surface area contributed by atoms with Crippen molar-refractivity contribution in [1.82, 2.24) is 0 Å². The van der Waals surface area contributed by atoms with E-state index in [2.05, 4.69) is 52.0 Å². The lowest BCUT2D eigenvalue weighted by Gasteiger charge is -2.42. The van der Waals surface area contributed by atoms with Crippen LogP contribution in [0.1, 0.15) is 70.1 Å². The third kappa shape index (κ3) is 3.33. The van der Waals surface area contributed by atoms with Gasteiger partial charge in [0.15, 0.2) is 0 Å². The van der Waals surface area contributed by atoms with Gasteiger partial charge in [-0.25, -0.2) is 4.79 Å². The molecule has 3 rings (SSSR count). The molecule has 24 heavy (non-hydrogen) atoms. The number of rotatable bonds is 5. The number of allylic oxidation sites excluding steroid dienone is 3. The minimum absolute atomic E-state index is 0.256. The summed E-state index contributed by atoms with van der Waals surface area (Å²) < 4.78 is 0. The molecule has 0 aromatic heterocycles. The fourth-order valence-electron chi connectivity index (χ4n) is 3.79. The predicted molar refractivity (Wildman–Crippen MR) is 98.5 cm³/mol. The van der Waals surface area contributed by atoms with E-state index in [0.717, 1.165) is 18.4 Å². The monoisotopic (exact) mass is 324 g/mol. The van der Waals surface area contributed by atoms with Crippen molar-refractivity contribution >= 4 is 5.97 Å². The van der Waals surface area contributed by atoms with E-state index >= 15 is 0 Å². The number of carboxylic acid groups (broad SMARTS) is 1. The first-order valence-electron chi connectivity index (χ1n) is 8.96. The Labute approximate surface area is 145 Å². The molecule has 0 atom stereocenters. The van der Waals surface area contributed by atoms with Crippen LogP contribution in [0.5, 0.6) is 0 Å². The Balaban J connectivity index is 1.70. The molecule has 128 valence electrons. The van der Waals surface area contributed by atoms with Gasteiger partial charge in [-0.1, -0.05) is 58.0 Å². The number of aliphatic carboxylic acids is 1. The summed E-state index contributed by atoms with van der Waals surface area (Å²) in [4.78, 5) is 10.8. The summed E-state index contributed by atoms with van der Waals surface area (Å²) in [6.45, 7) is 9.43. The molecule has 2 heteroatoms. The molecule has 1 aromatic carbocycles. The molecule has 2 aliphatic rings. The quantitative estimate of drug-likeness (QED) is 0.797. The van der Waals surface area contributed by atoms with Crippen LogP contribution in [0.25, 0.3) is 0 Å². The molecule has 2 aliphatic carbocycles. The Morgan fingerprint density at radius 2 is 1.79 bits per heavy atom. The average molecular weight is 324 g/mol. The zero-order valence-corrected chi connectivity index (χ0v) is 15.3. The highest BCUT2D eigenvalue weighted by Gasteiger charge is 2.36. The first-order valence-corrected chi connectivity index (χ1v) is 8.96. The SMILES string of the molecule is CC1(C)CCC(C)(C)c2cc(CC/C=C/C3=C(C(=O)O)C3)ccc21. The molecule has 0 aliphatic heterocycles. The Hall–Kier alpha value is -1.83. The second kappa shape index (κ2) is 5.91. The van der Waals surface area contributed by atoms with Crippen LogP contribution in [-0.2, 0) is 22.0 Å². The molecule has 1 N–H and O–H groups in total. The summed E-state index contributed by atoms with van der Waals surface area (Å²) in [7, 11) is 0. The van der Waals surface area contributed by atoms with Crippen molar-refractivity contribution in [2.45, 2.75) is 70.6 Å². The van der Waals surface area contributed by atoms with Gasteiger partial charge in [-0.2, -0.15) is 0 Å². The average Bonchev–Trinajstić information content (AvgIpc) is 3.28. The molecule has 0 fully saturated rings. The van der Waals surface area contributed by atoms with Crippen LogP contribution in [0.3, 0.4) is 0 Å². The number of hydrogen-bond donors (Lipinski definition) is 1. The van der Waals surface area contributed by atoms with E-state index in [-0.39, 0.29) is 10.8 Å². The molecule has 0 saturated heterocycles. The number of carboxylic acids is 1. The van der Waals surface area contributed by atoms with Gasteiger partial charge in [0.05, 0.1) is 0 Å². The standard InChI is InChI=1S/C22H28O2/c1-21(2)11-12-22(3,4)19-13-15(9-10-18(19)21)7-5-6-8-16-14-17(16)20(23)24/h6,8-10,13H,5,7,11-12,14H2,1-4H3,(H,23,24)/b8-6+. The lowest BCUT2D eigenvalue weighted by atomic mass is 9.63. The normalized spacial score (nSPS) is 21.0. The van der Waals surface area contributed by atoms with Gasteiger partial charge in [-0.05, 0) is 58.8 Å². The summed E-state index contributed by atoms with van der Waals surface area (Å²) in [6.07, 6.45) is 9.19. The van der Waals surface area contributed by atoms with Gasteiger partial charge < -0.3 is 5.11 Å². The zero-order chi connectivity index (χ0) is 17.5. The van der Waals surface area contributed by atoms with E-state index in [0.29, 0.717) is 12.0 Å². The molecule has 0 spiro atoms. The summed E-state index contributed by atoms with van der Waals surface area (Å²) >= 11 is 0. The number of aryl methyl sites for hydroxylation is 1. The third-order valence-electron chi connectivity index (χ3n) is 5.72. The number of fused-ring (bicyclic) bond motifs is 1. The Morgan fingerprint density at radius 3 is 2.42 bits per heavy atom. The van der Waals surface area contributed by atoms with Crippen LogP contribution in [0.4, 0.5) is 0 Å². The van der Waals surface area contributed by atoms with E-state index in [1.54, 1.807) is 0 Å². The smallest absolute Gasteiger partial charge is 0.332 e. The fraction of sp³-hybridized carbons (Fsp3) is 0.500. The minimum atomic E-state index is -0.769. The molecule has 0 heterocycles. The van der Waals surface area contributed by atoms with Gasteiger partial charge in [0.2, 0.25) is 0 Å². The highest BCUT2D eigenvalue weighted by atomic mass is 16.4. The van der Waals surface area contributed by atoms with Crippen LogP contribution in [0.15, 0.2) is 41.5 Å². The molecule has 0 radical (unpaired) electrons. The van der Waals surface area contributed by atoms with Gasteiger partial charge in [0.1, 0.15) is 0 Å². The van der Waals surface area contributed by atoms with E-state index in [4.69, 9.17) is 5.11 Å². The van der Waals surface area contributed by atoms with Crippen molar-refractivity contribution in [3.8, 4) is 0 Å². The van der Waals surface area contributed by atoms with Crippen molar-refractivity contribution < 1.29 is 9.90 Å². The van der Waals surface area contributed by atoms with Gasteiger partial charge in [0.25, 0.3) is 0 Å². The summed E-state index contributed by atoms with van der Waals surface area (Å²) in [5.41, 5.74) is 6.48. The van der Waals surface area contributed by atoms with Crippen LogP contribution < -0.4 is 0 Å². The Morgan fingerprint density at radius 1 is 1.12 bits per heavy atom. The summed E-state index contributed by atoms with van der Waals surface area (Å²) in [5.74, 6) is -0.769. The number of benzene rings is 1. The molecule has 0 bridgehead atoms. The topological polar surface area (TPSA) is 37.3 Å². The second-order valence-electron chi connectivity index (χ2n) is 8.57. The highest BCUT2D eigenvalue weighted by molar-refractivity contribution is 5.94. The molecule has 0 unspecified atom stereocenters. The third-order valence-corrected chi connectivity index (χ3v) is 5.72. The second-order valence-corrected chi connectivity index (χ2v) is 8.57. The first-order chi connectivity index (χ1) is 11.2. The largest absolute Gasteiger partial charge is 0.478 e. The maximum Gasteiger partial charge on any atom is 0.332 e. The van der Waals surface area contributed by atoms with Crippen LogP contribution in [0.2, 0.25) is 0 Å². The Kier molecular flexibility index (Phi) is 4.19. The van der Waals surface area contributed by atoms with Crippen LogP contribution >= 0.6 is 0 Å². The van der Waals surface area contributed by atoms with Crippen molar-refractivity contribution in [1.29, 1.82) is 0 Å². The fourth-order valence-corrected chi connectivity index (χ4v) is 3.79. The lowest BCUT2D eigenvalue weighted by molar-refractivity contribution is -0.132. The van der Waals surface area contributed by atoms with Gasteiger partial charge in [0, 0.05) is 12.0 Å². The molecule has 0 amide bonds. The summed E-state index contributed by atoms with van der Waals surface area (Å²) in [6, 6.07) is 7.01. The lowest BCUT2D eigenvalue weighted by Crippen LogP contribution is -2.33. The van der Waals surface area contributed by atoms with Crippen LogP contribution in [-0.4, -0.2) is 11.1 Å². The van der Waals surface area contributed by atoms with Crippen molar-refractivity contribution in [2.75, 3.05) is 0 Å². The molecule has 2 nitrogen and oxygen atoms in total. The van der Waals surface area contributed by atoms with Gasteiger partial charge in [-0.3, -0.25) is 0 Å². The zero-order valence-electron chi connectivity index (χ0n) is 15.3. The summed E-state index contributed by atoms with van der Waals surface area (Å²) in [5, 5.41) is 8.87. The number of carbonyl (C=O) groups is 1. The molecule has 0 saturated carbocycles. The molecule has 1 aromatic rings. The molecular weight excluding hydrogens is 296 g/mol. The highest BCUT2D eigenvalue weighted by Crippen LogP contribution is 2.45. The number of hydrogen-bond acceptors (Lipinski definition) is 1. The van der Waals surface area contributed by atoms with Crippen molar-refractivity contribution in [3.63, 3.8) is 0 Å². The van der Waals surface area contributed by atoms with E-state index in [1.165, 1.54) is 29.5 Å². The van der Waals surface area contributed by atoms with Gasteiger partial charge >= 0.3 is 5.97 Å². The minimum Gasteiger partial charge on any atom is -0.478 e. The predicted octanol–water partition coefficient (Wildman–Crippen LogP) is 5.31. The van der Waals surface area contributed by atoms with Crippen molar-refractivity contribution in [2.24, 2.45) is 0 Å². The van der Waals surface area contributed by atoms with E-state index < -0.39 is 5.97 Å². The van der Waals surface area contributed by atoms with Crippen LogP contribution in [0, 0.1) is 0 Å². The first kappa shape index (κ1) is 17.0.